The number of hydrogen-bond donors (Lipinski definition) is 2. The van der Waals surface area contributed by atoms with Gasteiger partial charge < -0.3 is 25.4 Å². The maximum absolute atomic E-state index is 11.7. The number of hydrogen-bond acceptors (Lipinski definition) is 7. The van der Waals surface area contributed by atoms with Crippen molar-refractivity contribution in [3.63, 3.8) is 0 Å². The Morgan fingerprint density at radius 3 is 2.84 bits per heavy atom. The minimum absolute atomic E-state index is 0.367. The minimum Gasteiger partial charge on any atom is -0.492 e. The van der Waals surface area contributed by atoms with Gasteiger partial charge in [-0.25, -0.2) is 4.79 Å². The summed E-state index contributed by atoms with van der Waals surface area (Å²) in [4.78, 5) is 14.3. The monoisotopic (exact) mass is 285 g/mol. The van der Waals surface area contributed by atoms with Crippen LogP contribution in [0.2, 0.25) is 0 Å². The van der Waals surface area contributed by atoms with Gasteiger partial charge in [-0.3, -0.25) is 0 Å². The number of ether oxygens (including phenoxy) is 2. The van der Waals surface area contributed by atoms with Crippen LogP contribution in [0.1, 0.15) is 16.1 Å². The van der Waals surface area contributed by atoms with Gasteiger partial charge >= 0.3 is 5.97 Å². The molecule has 0 aliphatic carbocycles. The molecule has 0 saturated carbocycles. The lowest BCUT2D eigenvalue weighted by Gasteiger charge is -2.21. The standard InChI is InChI=1S/C12H19N3O3S/c1-17-9-8(13)10(12(16)18-2)19-11(9)15-6-3-4-14-5-7-15/h14H,3-7,13H2,1-2H3. The van der Waals surface area contributed by atoms with Crippen LogP contribution >= 0.6 is 11.3 Å². The number of nitrogens with two attached hydrogens (primary N) is 1. The molecule has 19 heavy (non-hydrogen) atoms. The Bertz CT molecular complexity index is 453. The molecule has 0 amide bonds. The highest BCUT2D eigenvalue weighted by Crippen LogP contribution is 2.45. The van der Waals surface area contributed by atoms with Crippen LogP contribution in [0.5, 0.6) is 5.75 Å². The molecule has 0 atom stereocenters. The predicted molar refractivity (Wildman–Crippen MR) is 76.3 cm³/mol. The molecular weight excluding hydrogens is 266 g/mol. The summed E-state index contributed by atoms with van der Waals surface area (Å²) in [6, 6.07) is 0. The summed E-state index contributed by atoms with van der Waals surface area (Å²) in [6.45, 7) is 3.71. The first-order chi connectivity index (χ1) is 9.19. The van der Waals surface area contributed by atoms with Crippen LogP contribution in [0.3, 0.4) is 0 Å². The van der Waals surface area contributed by atoms with Gasteiger partial charge in [0.25, 0.3) is 0 Å². The molecule has 0 radical (unpaired) electrons. The molecule has 1 aromatic heterocycles. The van der Waals surface area contributed by atoms with E-state index in [1.54, 1.807) is 7.11 Å². The van der Waals surface area contributed by atoms with E-state index in [4.69, 9.17) is 15.2 Å². The van der Waals surface area contributed by atoms with E-state index in [9.17, 15) is 4.79 Å². The Morgan fingerprint density at radius 1 is 1.37 bits per heavy atom. The van der Waals surface area contributed by atoms with Crippen molar-refractivity contribution in [1.82, 2.24) is 5.32 Å². The fourth-order valence-electron chi connectivity index (χ4n) is 2.11. The Morgan fingerprint density at radius 2 is 2.16 bits per heavy atom. The number of nitrogen functional groups attached to an aromatic ring is 1. The number of nitrogens with one attached hydrogen (secondary N) is 1. The number of carbonyl (C=O) groups is 1. The first-order valence-corrected chi connectivity index (χ1v) is 7.01. The predicted octanol–water partition coefficient (Wildman–Crippen LogP) is 0.925. The highest BCUT2D eigenvalue weighted by molar-refractivity contribution is 7.19. The van der Waals surface area contributed by atoms with Crippen molar-refractivity contribution < 1.29 is 14.3 Å². The lowest BCUT2D eigenvalue weighted by molar-refractivity contribution is 0.0607. The van der Waals surface area contributed by atoms with Crippen molar-refractivity contribution in [3.05, 3.63) is 4.88 Å². The third-order valence-electron chi connectivity index (χ3n) is 3.08. The van der Waals surface area contributed by atoms with Crippen molar-refractivity contribution in [2.75, 3.05) is 51.0 Å². The summed E-state index contributed by atoms with van der Waals surface area (Å²) < 4.78 is 10.1. The molecule has 0 bridgehead atoms. The first kappa shape index (κ1) is 14.0. The number of rotatable bonds is 3. The Balaban J connectivity index is 2.35. The van der Waals surface area contributed by atoms with Crippen molar-refractivity contribution in [2.24, 2.45) is 0 Å². The molecule has 1 aliphatic rings. The third kappa shape index (κ3) is 2.76. The van der Waals surface area contributed by atoms with E-state index in [-0.39, 0.29) is 0 Å². The summed E-state index contributed by atoms with van der Waals surface area (Å²) in [5.74, 6) is 0.160. The molecule has 1 aliphatic heterocycles. The zero-order chi connectivity index (χ0) is 13.8. The molecule has 1 aromatic rings. The van der Waals surface area contributed by atoms with E-state index < -0.39 is 5.97 Å². The summed E-state index contributed by atoms with van der Waals surface area (Å²) in [5.41, 5.74) is 6.35. The molecule has 2 rings (SSSR count). The van der Waals surface area contributed by atoms with Gasteiger partial charge in [-0.15, -0.1) is 11.3 Å². The zero-order valence-electron chi connectivity index (χ0n) is 11.2. The Hall–Kier alpha value is -1.47. The maximum Gasteiger partial charge on any atom is 0.350 e. The topological polar surface area (TPSA) is 76.8 Å². The van der Waals surface area contributed by atoms with E-state index in [0.717, 1.165) is 37.6 Å². The normalized spacial score (nSPS) is 16.0. The number of carbonyl (C=O) groups excluding carboxylic acids is 1. The minimum atomic E-state index is -0.417. The first-order valence-electron chi connectivity index (χ1n) is 6.19. The van der Waals surface area contributed by atoms with Crippen LogP contribution in [-0.4, -0.2) is 46.4 Å². The van der Waals surface area contributed by atoms with Gasteiger partial charge in [0.15, 0.2) is 5.75 Å². The quantitative estimate of drug-likeness (QED) is 0.804. The maximum atomic E-state index is 11.7. The molecule has 106 valence electrons. The summed E-state index contributed by atoms with van der Waals surface area (Å²) in [7, 11) is 2.92. The van der Waals surface area contributed by atoms with Gasteiger partial charge in [0.2, 0.25) is 0 Å². The van der Waals surface area contributed by atoms with E-state index in [1.165, 1.54) is 18.4 Å². The van der Waals surface area contributed by atoms with Gasteiger partial charge in [0.05, 0.1) is 14.2 Å². The average Bonchev–Trinajstić information content (AvgIpc) is 2.61. The van der Waals surface area contributed by atoms with Crippen LogP contribution < -0.4 is 20.7 Å². The third-order valence-corrected chi connectivity index (χ3v) is 4.31. The summed E-state index contributed by atoms with van der Waals surface area (Å²) in [5, 5.41) is 4.25. The van der Waals surface area contributed by atoms with E-state index >= 15 is 0 Å². The smallest absolute Gasteiger partial charge is 0.350 e. The van der Waals surface area contributed by atoms with Gasteiger partial charge in [-0.1, -0.05) is 0 Å². The molecule has 0 unspecified atom stereocenters. The molecule has 1 fully saturated rings. The van der Waals surface area contributed by atoms with Gasteiger partial charge in [-0.05, 0) is 13.0 Å². The number of methoxy groups -OCH3 is 2. The van der Waals surface area contributed by atoms with Crippen LogP contribution in [0.25, 0.3) is 0 Å². The fraction of sp³-hybridized carbons (Fsp3) is 0.583. The number of esters is 1. The number of thiophene rings is 1. The Kier molecular flexibility index (Phi) is 4.49. The van der Waals surface area contributed by atoms with Crippen molar-refractivity contribution in [2.45, 2.75) is 6.42 Å². The van der Waals surface area contributed by atoms with Crippen LogP contribution in [-0.2, 0) is 4.74 Å². The van der Waals surface area contributed by atoms with Gasteiger partial charge in [-0.2, -0.15) is 0 Å². The van der Waals surface area contributed by atoms with Crippen LogP contribution in [0.15, 0.2) is 0 Å². The van der Waals surface area contributed by atoms with Crippen molar-refractivity contribution in [3.8, 4) is 5.75 Å². The molecule has 1 saturated heterocycles. The van der Waals surface area contributed by atoms with Crippen molar-refractivity contribution in [1.29, 1.82) is 0 Å². The Labute approximate surface area is 116 Å². The molecule has 7 heteroatoms. The molecule has 0 spiro atoms. The molecule has 6 nitrogen and oxygen atoms in total. The van der Waals surface area contributed by atoms with Crippen LogP contribution in [0, 0.1) is 0 Å². The van der Waals surface area contributed by atoms with E-state index in [0.29, 0.717) is 16.3 Å². The van der Waals surface area contributed by atoms with E-state index in [2.05, 4.69) is 10.2 Å². The van der Waals surface area contributed by atoms with Crippen molar-refractivity contribution >= 4 is 28.0 Å². The second kappa shape index (κ2) is 6.12. The summed E-state index contributed by atoms with van der Waals surface area (Å²) in [6.07, 6.45) is 1.05. The SMILES string of the molecule is COC(=O)c1sc(N2CCCNCC2)c(OC)c1N. The molecular formula is C12H19N3O3S. The second-order valence-corrected chi connectivity index (χ2v) is 5.26. The zero-order valence-corrected chi connectivity index (χ0v) is 12.0. The highest BCUT2D eigenvalue weighted by atomic mass is 32.1. The van der Waals surface area contributed by atoms with E-state index in [1.807, 2.05) is 0 Å². The lowest BCUT2D eigenvalue weighted by atomic mass is 10.3. The summed E-state index contributed by atoms with van der Waals surface area (Å²) >= 11 is 1.33. The highest BCUT2D eigenvalue weighted by Gasteiger charge is 2.26. The number of nitrogens with zero attached hydrogens (tertiary/aromatic N) is 1. The fourth-order valence-corrected chi connectivity index (χ4v) is 3.28. The number of anilines is 2. The molecule has 0 aromatic carbocycles. The molecule has 3 N–H and O–H groups in total. The van der Waals surface area contributed by atoms with Gasteiger partial charge in [0, 0.05) is 19.6 Å². The second-order valence-electron chi connectivity index (χ2n) is 4.27. The average molecular weight is 285 g/mol. The molecule has 2 heterocycles. The van der Waals surface area contributed by atoms with Gasteiger partial charge in [0.1, 0.15) is 15.6 Å². The lowest BCUT2D eigenvalue weighted by Crippen LogP contribution is -2.27. The van der Waals surface area contributed by atoms with Crippen LogP contribution in [0.4, 0.5) is 10.7 Å². The largest absolute Gasteiger partial charge is 0.492 e.